The van der Waals surface area contributed by atoms with Crippen LogP contribution in [0.1, 0.15) is 0 Å². The van der Waals surface area contributed by atoms with Crippen molar-refractivity contribution in [2.45, 2.75) is 0 Å². The van der Waals surface area contributed by atoms with Crippen LogP contribution in [0.5, 0.6) is 0 Å². The number of hydrogen-bond donors (Lipinski definition) is 0. The molecule has 8 heavy (non-hydrogen) atoms. The highest BCUT2D eigenvalue weighted by atomic mass is 33.1. The SMILES string of the molecule is CSP1(=S)OSSO1. The van der Waals surface area contributed by atoms with Crippen molar-refractivity contribution in [2.75, 3.05) is 6.26 Å². The van der Waals surface area contributed by atoms with Gasteiger partial charge in [-0.2, -0.15) is 0 Å². The Morgan fingerprint density at radius 3 is 2.25 bits per heavy atom. The summed E-state index contributed by atoms with van der Waals surface area (Å²) in [6.45, 7) is 0. The van der Waals surface area contributed by atoms with Crippen molar-refractivity contribution in [3.8, 4) is 0 Å². The maximum absolute atomic E-state index is 5.04. The second-order valence-electron chi connectivity index (χ2n) is 0.915. The van der Waals surface area contributed by atoms with Gasteiger partial charge in [-0.25, -0.2) is 7.94 Å². The Balaban J connectivity index is 2.53. The molecule has 1 saturated heterocycles. The Kier molecular flexibility index (Phi) is 3.03. The lowest BCUT2D eigenvalue weighted by Gasteiger charge is -2.02. The molecule has 1 aliphatic heterocycles. The predicted molar refractivity (Wildman–Crippen MR) is 45.2 cm³/mol. The molecular weight excluding hydrogens is 203 g/mol. The summed E-state index contributed by atoms with van der Waals surface area (Å²) < 4.78 is 10.1. The lowest BCUT2D eigenvalue weighted by atomic mass is 12.0. The third kappa shape index (κ3) is 1.80. The van der Waals surface area contributed by atoms with Gasteiger partial charge < -0.3 is 0 Å². The van der Waals surface area contributed by atoms with Crippen LogP contribution in [-0.2, 0) is 19.7 Å². The van der Waals surface area contributed by atoms with Crippen LogP contribution in [0.2, 0.25) is 0 Å². The maximum atomic E-state index is 5.04. The molecular formula is CH3O2PS4. The molecule has 2 nitrogen and oxygen atoms in total. The molecule has 0 unspecified atom stereocenters. The van der Waals surface area contributed by atoms with Gasteiger partial charge >= 0.3 is 0 Å². The van der Waals surface area contributed by atoms with E-state index < -0.39 is 5.69 Å². The van der Waals surface area contributed by atoms with Gasteiger partial charge in [-0.05, 0) is 18.1 Å². The monoisotopic (exact) mass is 206 g/mol. The van der Waals surface area contributed by atoms with Gasteiger partial charge in [0.2, 0.25) is 0 Å². The lowest BCUT2D eigenvalue weighted by molar-refractivity contribution is 0.630. The lowest BCUT2D eigenvalue weighted by Crippen LogP contribution is -1.64. The molecule has 1 aliphatic rings. The molecule has 0 aromatic rings. The fourth-order valence-electron chi connectivity index (χ4n) is 0.173. The van der Waals surface area contributed by atoms with Gasteiger partial charge in [0.05, 0.1) is 0 Å². The zero-order valence-corrected chi connectivity index (χ0v) is 8.06. The molecule has 0 amide bonds. The van der Waals surface area contributed by atoms with Crippen molar-refractivity contribution in [1.29, 1.82) is 0 Å². The predicted octanol–water partition coefficient (Wildman–Crippen LogP) is 2.83. The molecule has 0 aliphatic carbocycles. The average Bonchev–Trinajstić information content (AvgIpc) is 2.17. The molecule has 1 heterocycles. The molecule has 0 radical (unpaired) electrons. The van der Waals surface area contributed by atoms with E-state index in [1.54, 1.807) is 0 Å². The molecule has 7 heteroatoms. The first-order valence-electron chi connectivity index (χ1n) is 1.64. The van der Waals surface area contributed by atoms with E-state index in [1.807, 2.05) is 6.26 Å². The van der Waals surface area contributed by atoms with Crippen LogP contribution < -0.4 is 0 Å². The molecule has 0 aromatic heterocycles. The van der Waals surface area contributed by atoms with Crippen LogP contribution >= 0.6 is 39.2 Å². The minimum Gasteiger partial charge on any atom is -0.235 e. The quantitative estimate of drug-likeness (QED) is 0.370. The second-order valence-corrected chi connectivity index (χ2v) is 9.13. The van der Waals surface area contributed by atoms with Crippen LogP contribution in [0.4, 0.5) is 0 Å². The summed E-state index contributed by atoms with van der Waals surface area (Å²) in [5.74, 6) is 0. The van der Waals surface area contributed by atoms with Crippen molar-refractivity contribution in [1.82, 2.24) is 0 Å². The average molecular weight is 206 g/mol. The van der Waals surface area contributed by atoms with Crippen LogP contribution in [0.3, 0.4) is 0 Å². The summed E-state index contributed by atoms with van der Waals surface area (Å²) in [4.78, 5) is 0. The highest BCUT2D eigenvalue weighted by molar-refractivity contribution is 8.82. The van der Waals surface area contributed by atoms with E-state index in [0.29, 0.717) is 0 Å². The van der Waals surface area contributed by atoms with Crippen LogP contribution in [-0.4, -0.2) is 6.26 Å². The van der Waals surface area contributed by atoms with E-state index in [9.17, 15) is 0 Å². The third-order valence-electron chi connectivity index (χ3n) is 0.495. The minimum atomic E-state index is -1.88. The van der Waals surface area contributed by atoms with E-state index in [0.717, 1.165) is 0 Å². The van der Waals surface area contributed by atoms with Crippen molar-refractivity contribution in [3.63, 3.8) is 0 Å². The summed E-state index contributed by atoms with van der Waals surface area (Å²) in [7, 11) is 0. The van der Waals surface area contributed by atoms with Crippen molar-refractivity contribution in [2.24, 2.45) is 0 Å². The Bertz CT molecular complexity index is 115. The largest absolute Gasteiger partial charge is 0.271 e. The standard InChI is InChI=1S/CH3O2PS4/c1-6-4(5)2-7-8-3-4/h1H3. The van der Waals surface area contributed by atoms with Gasteiger partial charge in [0.15, 0.2) is 0 Å². The highest BCUT2D eigenvalue weighted by Gasteiger charge is 2.26. The van der Waals surface area contributed by atoms with Gasteiger partial charge in [-0.1, -0.05) is 11.4 Å². The summed E-state index contributed by atoms with van der Waals surface area (Å²) in [5.41, 5.74) is -1.88. The van der Waals surface area contributed by atoms with Crippen molar-refractivity contribution in [3.05, 3.63) is 0 Å². The number of rotatable bonds is 1. The molecule has 0 bridgehead atoms. The first kappa shape index (κ1) is 7.72. The van der Waals surface area contributed by atoms with Gasteiger partial charge in [-0.15, -0.1) is 0 Å². The molecule has 48 valence electrons. The Labute approximate surface area is 65.2 Å². The summed E-state index contributed by atoms with van der Waals surface area (Å²) >= 11 is 8.88. The first-order valence-corrected chi connectivity index (χ1v) is 8.11. The maximum Gasteiger partial charge on any atom is 0.271 e. The normalized spacial score (nSPS) is 26.1. The van der Waals surface area contributed by atoms with Crippen LogP contribution in [0.15, 0.2) is 0 Å². The summed E-state index contributed by atoms with van der Waals surface area (Å²) in [6.07, 6.45) is 1.90. The zero-order chi connectivity index (χ0) is 6.04. The molecule has 0 atom stereocenters. The minimum absolute atomic E-state index is 1.22. The number of hydrogen-bond acceptors (Lipinski definition) is 6. The van der Waals surface area contributed by atoms with Crippen molar-refractivity contribution >= 4 is 51.0 Å². The Hall–Kier alpha value is 1.62. The smallest absolute Gasteiger partial charge is 0.235 e. The topological polar surface area (TPSA) is 18.5 Å². The summed E-state index contributed by atoms with van der Waals surface area (Å²) in [6, 6.07) is 0. The van der Waals surface area contributed by atoms with E-state index in [-0.39, 0.29) is 0 Å². The van der Waals surface area contributed by atoms with Gasteiger partial charge in [0, 0.05) is 0 Å². The zero-order valence-electron chi connectivity index (χ0n) is 3.90. The second kappa shape index (κ2) is 3.14. The van der Waals surface area contributed by atoms with E-state index >= 15 is 0 Å². The molecule has 0 N–H and O–H groups in total. The van der Waals surface area contributed by atoms with E-state index in [2.05, 4.69) is 0 Å². The molecule has 0 aromatic carbocycles. The van der Waals surface area contributed by atoms with E-state index in [4.69, 9.17) is 19.7 Å². The molecule has 1 rings (SSSR count). The third-order valence-corrected chi connectivity index (χ3v) is 9.08. The first-order chi connectivity index (χ1) is 3.77. The van der Waals surface area contributed by atoms with Gasteiger partial charge in [0.1, 0.15) is 22.1 Å². The van der Waals surface area contributed by atoms with Crippen LogP contribution in [0, 0.1) is 0 Å². The highest BCUT2D eigenvalue weighted by Crippen LogP contribution is 2.72. The molecule has 0 spiro atoms. The van der Waals surface area contributed by atoms with E-state index in [1.165, 1.54) is 33.5 Å². The van der Waals surface area contributed by atoms with Gasteiger partial charge in [0.25, 0.3) is 5.69 Å². The van der Waals surface area contributed by atoms with Gasteiger partial charge in [-0.3, -0.25) is 0 Å². The fourth-order valence-corrected chi connectivity index (χ4v) is 7.35. The van der Waals surface area contributed by atoms with Crippen molar-refractivity contribution < 1.29 is 7.94 Å². The fraction of sp³-hybridized carbons (Fsp3) is 1.00. The van der Waals surface area contributed by atoms with Crippen LogP contribution in [0.25, 0.3) is 0 Å². The Morgan fingerprint density at radius 1 is 1.50 bits per heavy atom. The molecule has 0 saturated carbocycles. The molecule has 1 fully saturated rings. The summed E-state index contributed by atoms with van der Waals surface area (Å²) in [5, 5.41) is 0. The Morgan fingerprint density at radius 2 is 2.00 bits per heavy atom.